The molecule has 0 fully saturated rings. The van der Waals surface area contributed by atoms with Gasteiger partial charge in [0.15, 0.2) is 5.65 Å². The summed E-state index contributed by atoms with van der Waals surface area (Å²) >= 11 is 0. The summed E-state index contributed by atoms with van der Waals surface area (Å²) in [6, 6.07) is 20.3. The van der Waals surface area contributed by atoms with Crippen LogP contribution in [0.25, 0.3) is 16.8 Å². The number of pyridine rings is 1. The Morgan fingerprint density at radius 1 is 1.16 bits per heavy atom. The minimum absolute atomic E-state index is 0.193. The molecule has 0 saturated carbocycles. The molecule has 2 aromatic heterocycles. The van der Waals surface area contributed by atoms with E-state index in [0.717, 1.165) is 11.1 Å². The van der Waals surface area contributed by atoms with Gasteiger partial charge in [-0.25, -0.2) is 4.52 Å². The average Bonchev–Trinajstić information content (AvgIpc) is 3.19. The maximum atomic E-state index is 12.3. The van der Waals surface area contributed by atoms with Crippen LogP contribution in [-0.2, 0) is 0 Å². The normalized spacial score (nSPS) is 11.6. The van der Waals surface area contributed by atoms with Gasteiger partial charge in [-0.1, -0.05) is 24.3 Å². The Balaban J connectivity index is 1.59. The summed E-state index contributed by atoms with van der Waals surface area (Å²) < 4.78 is 1.65. The molecule has 0 aliphatic rings. The lowest BCUT2D eigenvalue weighted by Crippen LogP contribution is -2.30. The number of carbonyl (C=O) groups excluding carboxylic acids is 1. The van der Waals surface area contributed by atoms with Crippen molar-refractivity contribution in [2.75, 3.05) is 11.9 Å². The van der Waals surface area contributed by atoms with Gasteiger partial charge in [0.2, 0.25) is 5.95 Å². The summed E-state index contributed by atoms with van der Waals surface area (Å²) in [7, 11) is 0. The number of hydrogen-bond donors (Lipinski definition) is 3. The van der Waals surface area contributed by atoms with E-state index in [-0.39, 0.29) is 12.5 Å². The van der Waals surface area contributed by atoms with Crippen molar-refractivity contribution in [3.8, 4) is 17.2 Å². The number of aliphatic hydroxyl groups excluding tert-OH is 1. The molecule has 0 bridgehead atoms. The van der Waals surface area contributed by atoms with E-state index in [1.54, 1.807) is 41.8 Å². The van der Waals surface area contributed by atoms with Crippen LogP contribution in [0.5, 0.6) is 0 Å². The predicted octanol–water partition coefficient (Wildman–Crippen LogP) is 3.12. The lowest BCUT2D eigenvalue weighted by atomic mass is 10.0. The van der Waals surface area contributed by atoms with E-state index < -0.39 is 6.10 Å². The lowest BCUT2D eigenvalue weighted by Gasteiger charge is -2.08. The van der Waals surface area contributed by atoms with Gasteiger partial charge in [-0.2, -0.15) is 10.2 Å². The van der Waals surface area contributed by atoms with Gasteiger partial charge < -0.3 is 15.7 Å². The van der Waals surface area contributed by atoms with E-state index in [9.17, 15) is 15.2 Å². The van der Waals surface area contributed by atoms with Gasteiger partial charge in [0.05, 0.1) is 17.4 Å². The Morgan fingerprint density at radius 3 is 2.81 bits per heavy atom. The zero-order valence-electron chi connectivity index (χ0n) is 16.8. The fourth-order valence-corrected chi connectivity index (χ4v) is 3.10. The van der Waals surface area contributed by atoms with Crippen molar-refractivity contribution >= 4 is 23.2 Å². The van der Waals surface area contributed by atoms with Gasteiger partial charge >= 0.3 is 0 Å². The number of aromatic nitrogens is 3. The number of nitriles is 1. The summed E-state index contributed by atoms with van der Waals surface area (Å²) in [5, 5.41) is 28.8. The molecule has 0 unspecified atom stereocenters. The number of para-hydroxylation sites is 1. The van der Waals surface area contributed by atoms with Crippen LogP contribution in [0.15, 0.2) is 66.9 Å². The first-order chi connectivity index (χ1) is 15.0. The number of rotatable bonds is 6. The lowest BCUT2D eigenvalue weighted by molar-refractivity contribution is 0.0924. The second-order valence-electron chi connectivity index (χ2n) is 7.08. The summed E-state index contributed by atoms with van der Waals surface area (Å²) in [6.07, 6.45) is 1.22. The van der Waals surface area contributed by atoms with Gasteiger partial charge in [-0.15, -0.1) is 5.10 Å². The topological polar surface area (TPSA) is 115 Å². The molecule has 0 aliphatic heterocycles. The predicted molar refractivity (Wildman–Crippen MR) is 117 cm³/mol. The highest BCUT2D eigenvalue weighted by Gasteiger charge is 2.10. The Labute approximate surface area is 178 Å². The maximum absolute atomic E-state index is 12.3. The third kappa shape index (κ3) is 4.52. The van der Waals surface area contributed by atoms with Crippen LogP contribution in [-0.4, -0.2) is 38.3 Å². The zero-order valence-corrected chi connectivity index (χ0v) is 16.8. The van der Waals surface area contributed by atoms with Gasteiger partial charge in [0.1, 0.15) is 6.07 Å². The van der Waals surface area contributed by atoms with E-state index in [4.69, 9.17) is 0 Å². The van der Waals surface area contributed by atoms with E-state index in [1.807, 2.05) is 36.5 Å². The SMILES string of the molecule is C[C@H](O)CNC(=O)c1cccc(-c2ccc3nc(Nc4ccccc4C#N)nn3c2)c1. The number of carbonyl (C=O) groups is 1. The van der Waals surface area contributed by atoms with Crippen molar-refractivity contribution in [1.82, 2.24) is 19.9 Å². The van der Waals surface area contributed by atoms with E-state index in [1.165, 1.54) is 0 Å². The molecular formula is C23H20N6O2. The van der Waals surface area contributed by atoms with Crippen molar-refractivity contribution < 1.29 is 9.90 Å². The van der Waals surface area contributed by atoms with Crippen molar-refractivity contribution in [2.45, 2.75) is 13.0 Å². The molecule has 8 nitrogen and oxygen atoms in total. The molecule has 2 heterocycles. The first-order valence-electron chi connectivity index (χ1n) is 9.73. The molecule has 154 valence electrons. The second kappa shape index (κ2) is 8.65. The highest BCUT2D eigenvalue weighted by atomic mass is 16.3. The number of nitrogens with one attached hydrogen (secondary N) is 2. The van der Waals surface area contributed by atoms with Gasteiger partial charge in [0.25, 0.3) is 5.91 Å². The van der Waals surface area contributed by atoms with Crippen molar-refractivity contribution in [1.29, 1.82) is 5.26 Å². The Kier molecular flexibility index (Phi) is 5.60. The first-order valence-corrected chi connectivity index (χ1v) is 9.73. The van der Waals surface area contributed by atoms with Crippen molar-refractivity contribution in [2.24, 2.45) is 0 Å². The number of fused-ring (bicyclic) bond motifs is 1. The molecule has 0 saturated heterocycles. The van der Waals surface area contributed by atoms with Crippen molar-refractivity contribution in [3.63, 3.8) is 0 Å². The third-order valence-corrected chi connectivity index (χ3v) is 4.64. The molecule has 4 aromatic rings. The van der Waals surface area contributed by atoms with Gasteiger partial charge in [0, 0.05) is 23.9 Å². The van der Waals surface area contributed by atoms with Crippen LogP contribution >= 0.6 is 0 Å². The number of aliphatic hydroxyl groups is 1. The molecule has 4 rings (SSSR count). The number of anilines is 2. The van der Waals surface area contributed by atoms with Crippen LogP contribution in [0.4, 0.5) is 11.6 Å². The minimum Gasteiger partial charge on any atom is -0.392 e. The molecule has 1 amide bonds. The zero-order chi connectivity index (χ0) is 21.8. The first kappa shape index (κ1) is 20.1. The van der Waals surface area contributed by atoms with Crippen molar-refractivity contribution in [3.05, 3.63) is 78.0 Å². The standard InChI is InChI=1S/C23H20N6O2/c1-15(30)13-25-22(31)17-7-4-6-16(11-17)19-9-10-21-27-23(28-29(21)14-19)26-20-8-3-2-5-18(20)12-24/h2-11,14-15,30H,13H2,1H3,(H,25,31)(H,26,28)/t15-/m0/s1. The van der Waals surface area contributed by atoms with Crippen LogP contribution < -0.4 is 10.6 Å². The van der Waals surface area contributed by atoms with Crippen LogP contribution in [0, 0.1) is 11.3 Å². The second-order valence-corrected chi connectivity index (χ2v) is 7.08. The average molecular weight is 412 g/mol. The monoisotopic (exact) mass is 412 g/mol. The molecule has 8 heteroatoms. The van der Waals surface area contributed by atoms with Gasteiger partial charge in [-0.3, -0.25) is 4.79 Å². The fraction of sp³-hybridized carbons (Fsp3) is 0.130. The number of hydrogen-bond acceptors (Lipinski definition) is 6. The largest absolute Gasteiger partial charge is 0.392 e. The molecule has 2 aromatic carbocycles. The van der Waals surface area contributed by atoms with E-state index >= 15 is 0 Å². The van der Waals surface area contributed by atoms with E-state index in [0.29, 0.717) is 28.4 Å². The van der Waals surface area contributed by atoms with Crippen LogP contribution in [0.3, 0.4) is 0 Å². The summed E-state index contributed by atoms with van der Waals surface area (Å²) in [4.78, 5) is 16.7. The maximum Gasteiger partial charge on any atom is 0.251 e. The Bertz CT molecular complexity index is 1290. The molecule has 0 spiro atoms. The Hall–Kier alpha value is -4.22. The molecule has 1 atom stereocenters. The number of nitrogens with zero attached hydrogens (tertiary/aromatic N) is 4. The summed E-state index contributed by atoms with van der Waals surface area (Å²) in [5.41, 5.74) is 4.02. The third-order valence-electron chi connectivity index (χ3n) is 4.64. The number of amides is 1. The summed E-state index contributed by atoms with van der Waals surface area (Å²) in [5.74, 6) is 0.137. The minimum atomic E-state index is -0.607. The Morgan fingerprint density at radius 2 is 2.00 bits per heavy atom. The summed E-state index contributed by atoms with van der Waals surface area (Å²) in [6.45, 7) is 1.81. The van der Waals surface area contributed by atoms with Gasteiger partial charge in [-0.05, 0) is 48.9 Å². The fourth-order valence-electron chi connectivity index (χ4n) is 3.10. The molecule has 0 radical (unpaired) electrons. The number of benzene rings is 2. The molecule has 3 N–H and O–H groups in total. The quantitative estimate of drug-likeness (QED) is 0.448. The smallest absolute Gasteiger partial charge is 0.251 e. The highest BCUT2D eigenvalue weighted by Crippen LogP contribution is 2.23. The van der Waals surface area contributed by atoms with Crippen LogP contribution in [0.2, 0.25) is 0 Å². The van der Waals surface area contributed by atoms with E-state index in [2.05, 4.69) is 26.8 Å². The highest BCUT2D eigenvalue weighted by molar-refractivity contribution is 5.95. The van der Waals surface area contributed by atoms with Crippen LogP contribution in [0.1, 0.15) is 22.8 Å². The molecule has 31 heavy (non-hydrogen) atoms. The molecule has 0 aliphatic carbocycles. The molecular weight excluding hydrogens is 392 g/mol.